The first kappa shape index (κ1) is 12.2. The summed E-state index contributed by atoms with van der Waals surface area (Å²) in [7, 11) is 0. The number of H-pyrrole nitrogens is 1. The van der Waals surface area contributed by atoms with Crippen LogP contribution in [0.15, 0.2) is 6.33 Å². The molecular formula is C12H19N7. The fourth-order valence-electron chi connectivity index (χ4n) is 2.74. The Labute approximate surface area is 111 Å². The number of likely N-dealkylation sites (N-methyl/N-ethyl adjacent to an activating group) is 1. The molecule has 0 radical (unpaired) electrons. The molecule has 1 aliphatic heterocycles. The number of likely N-dealkylation sites (tertiary alicyclic amines) is 1. The lowest BCUT2D eigenvalue weighted by atomic mass is 10.2. The number of hydrogen-bond donors (Lipinski definition) is 3. The number of nitrogens with zero attached hydrogens (tertiary/aromatic N) is 4. The summed E-state index contributed by atoms with van der Waals surface area (Å²) in [6.07, 6.45) is 4.11. The number of nitrogen functional groups attached to an aromatic ring is 1. The van der Waals surface area contributed by atoms with Gasteiger partial charge in [-0.3, -0.25) is 4.90 Å². The van der Waals surface area contributed by atoms with Gasteiger partial charge in [0, 0.05) is 12.6 Å². The van der Waals surface area contributed by atoms with E-state index in [2.05, 4.69) is 37.1 Å². The van der Waals surface area contributed by atoms with Gasteiger partial charge < -0.3 is 16.0 Å². The number of nitrogens with two attached hydrogens (primary N) is 1. The molecule has 2 aromatic heterocycles. The van der Waals surface area contributed by atoms with Crippen LogP contribution in [0.5, 0.6) is 0 Å². The molecule has 0 bridgehead atoms. The zero-order valence-corrected chi connectivity index (χ0v) is 11.1. The maximum absolute atomic E-state index is 5.69. The number of imidazole rings is 1. The highest BCUT2D eigenvalue weighted by atomic mass is 15.2. The minimum Gasteiger partial charge on any atom is -0.368 e. The molecule has 102 valence electrons. The molecule has 0 saturated carbocycles. The Bertz CT molecular complexity index is 564. The molecule has 4 N–H and O–H groups in total. The molecule has 3 rings (SSSR count). The number of rotatable bonds is 4. The quantitative estimate of drug-likeness (QED) is 0.754. The third-order valence-electron chi connectivity index (χ3n) is 3.71. The molecule has 0 spiro atoms. The number of fused-ring (bicyclic) bond motifs is 1. The first-order chi connectivity index (χ1) is 9.28. The Balaban J connectivity index is 1.76. The highest BCUT2D eigenvalue weighted by Gasteiger charge is 2.23. The summed E-state index contributed by atoms with van der Waals surface area (Å²) in [5.74, 6) is 0.990. The summed E-state index contributed by atoms with van der Waals surface area (Å²) in [5.41, 5.74) is 7.11. The van der Waals surface area contributed by atoms with Crippen molar-refractivity contribution in [3.8, 4) is 0 Å². The molecule has 19 heavy (non-hydrogen) atoms. The molecule has 1 saturated heterocycles. The van der Waals surface area contributed by atoms with E-state index in [9.17, 15) is 0 Å². The van der Waals surface area contributed by atoms with Crippen molar-refractivity contribution in [2.45, 2.75) is 25.8 Å². The minimum atomic E-state index is 0.251. The van der Waals surface area contributed by atoms with Crippen molar-refractivity contribution in [1.29, 1.82) is 0 Å². The number of aromatic amines is 1. The molecular weight excluding hydrogens is 242 g/mol. The van der Waals surface area contributed by atoms with Crippen LogP contribution in [-0.2, 0) is 0 Å². The largest absolute Gasteiger partial charge is 0.368 e. The van der Waals surface area contributed by atoms with E-state index < -0.39 is 0 Å². The number of aromatic nitrogens is 4. The van der Waals surface area contributed by atoms with E-state index in [1.807, 2.05) is 0 Å². The molecule has 1 fully saturated rings. The predicted molar refractivity (Wildman–Crippen MR) is 74.9 cm³/mol. The maximum Gasteiger partial charge on any atom is 0.224 e. The van der Waals surface area contributed by atoms with E-state index in [-0.39, 0.29) is 5.95 Å². The average molecular weight is 261 g/mol. The van der Waals surface area contributed by atoms with Crippen LogP contribution in [0, 0.1) is 0 Å². The average Bonchev–Trinajstić information content (AvgIpc) is 3.03. The van der Waals surface area contributed by atoms with Crippen molar-refractivity contribution in [3.63, 3.8) is 0 Å². The van der Waals surface area contributed by atoms with Crippen LogP contribution < -0.4 is 11.1 Å². The van der Waals surface area contributed by atoms with Crippen LogP contribution in [-0.4, -0.2) is 50.5 Å². The lowest BCUT2D eigenvalue weighted by Crippen LogP contribution is -2.34. The standard InChI is InChI=1S/C12H19N7/c1-2-19-5-3-4-8(19)6-14-10-9-11(16-7-15-9)18-12(13)17-10/h7-8H,2-6H2,1H3,(H4,13,14,15,16,17,18). The predicted octanol–water partition coefficient (Wildman–Crippen LogP) is 0.831. The van der Waals surface area contributed by atoms with Crippen molar-refractivity contribution in [2.24, 2.45) is 0 Å². The third kappa shape index (κ3) is 2.33. The summed E-state index contributed by atoms with van der Waals surface area (Å²) in [6.45, 7) is 5.36. The maximum atomic E-state index is 5.69. The van der Waals surface area contributed by atoms with Gasteiger partial charge in [0.2, 0.25) is 5.95 Å². The molecule has 0 aromatic carbocycles. The van der Waals surface area contributed by atoms with Gasteiger partial charge in [0.15, 0.2) is 11.5 Å². The second-order valence-corrected chi connectivity index (χ2v) is 4.84. The van der Waals surface area contributed by atoms with Gasteiger partial charge in [0.1, 0.15) is 5.52 Å². The lowest BCUT2D eigenvalue weighted by molar-refractivity contribution is 0.277. The monoisotopic (exact) mass is 261 g/mol. The van der Waals surface area contributed by atoms with E-state index in [1.54, 1.807) is 6.33 Å². The van der Waals surface area contributed by atoms with Crippen molar-refractivity contribution in [1.82, 2.24) is 24.8 Å². The normalized spacial score (nSPS) is 20.2. The molecule has 7 nitrogen and oxygen atoms in total. The van der Waals surface area contributed by atoms with Crippen LogP contribution in [0.25, 0.3) is 11.2 Å². The molecule has 3 heterocycles. The topological polar surface area (TPSA) is 95.8 Å². The van der Waals surface area contributed by atoms with Crippen LogP contribution in [0.2, 0.25) is 0 Å². The molecule has 0 amide bonds. The number of hydrogen-bond acceptors (Lipinski definition) is 6. The minimum absolute atomic E-state index is 0.251. The van der Waals surface area contributed by atoms with Gasteiger partial charge in [-0.05, 0) is 25.9 Å². The van der Waals surface area contributed by atoms with Crippen LogP contribution in [0.4, 0.5) is 11.8 Å². The first-order valence-electron chi connectivity index (χ1n) is 6.72. The molecule has 7 heteroatoms. The summed E-state index contributed by atoms with van der Waals surface area (Å²) < 4.78 is 0. The zero-order chi connectivity index (χ0) is 13.2. The van der Waals surface area contributed by atoms with Crippen molar-refractivity contribution in [2.75, 3.05) is 30.7 Å². The summed E-state index contributed by atoms with van der Waals surface area (Å²) in [4.78, 5) is 18.0. The summed E-state index contributed by atoms with van der Waals surface area (Å²) in [6, 6.07) is 0.569. The lowest BCUT2D eigenvalue weighted by Gasteiger charge is -2.23. The second kappa shape index (κ2) is 5.00. The van der Waals surface area contributed by atoms with E-state index in [4.69, 9.17) is 5.73 Å². The Morgan fingerprint density at radius 3 is 3.26 bits per heavy atom. The van der Waals surface area contributed by atoms with Crippen LogP contribution in [0.3, 0.4) is 0 Å². The molecule has 1 atom stereocenters. The molecule has 0 aliphatic carbocycles. The molecule has 2 aromatic rings. The second-order valence-electron chi connectivity index (χ2n) is 4.84. The fraction of sp³-hybridized carbons (Fsp3) is 0.583. The van der Waals surface area contributed by atoms with Crippen LogP contribution in [0.1, 0.15) is 19.8 Å². The van der Waals surface area contributed by atoms with E-state index in [0.29, 0.717) is 11.7 Å². The van der Waals surface area contributed by atoms with Crippen molar-refractivity contribution >= 4 is 22.9 Å². The Kier molecular flexibility index (Phi) is 3.20. The summed E-state index contributed by atoms with van der Waals surface area (Å²) >= 11 is 0. The van der Waals surface area contributed by atoms with Crippen LogP contribution >= 0.6 is 0 Å². The van der Waals surface area contributed by atoms with Crippen molar-refractivity contribution in [3.05, 3.63) is 6.33 Å². The van der Waals surface area contributed by atoms with Gasteiger partial charge in [-0.2, -0.15) is 9.97 Å². The zero-order valence-electron chi connectivity index (χ0n) is 11.1. The Morgan fingerprint density at radius 1 is 1.53 bits per heavy atom. The molecule has 1 unspecified atom stereocenters. The highest BCUT2D eigenvalue weighted by molar-refractivity contribution is 5.83. The van der Waals surface area contributed by atoms with Gasteiger partial charge in [-0.1, -0.05) is 6.92 Å². The van der Waals surface area contributed by atoms with Gasteiger partial charge in [0.25, 0.3) is 0 Å². The number of anilines is 2. The SMILES string of the molecule is CCN1CCCC1CNc1nc(N)nc2nc[nH]c12. The third-order valence-corrected chi connectivity index (χ3v) is 3.71. The Morgan fingerprint density at radius 2 is 2.42 bits per heavy atom. The highest BCUT2D eigenvalue weighted by Crippen LogP contribution is 2.20. The fourth-order valence-corrected chi connectivity index (χ4v) is 2.74. The van der Waals surface area contributed by atoms with Gasteiger partial charge in [0.05, 0.1) is 6.33 Å². The summed E-state index contributed by atoms with van der Waals surface area (Å²) in [5, 5.41) is 3.38. The smallest absolute Gasteiger partial charge is 0.224 e. The Hall–Kier alpha value is -1.89. The van der Waals surface area contributed by atoms with Gasteiger partial charge in [-0.25, -0.2) is 4.98 Å². The van der Waals surface area contributed by atoms with Gasteiger partial charge >= 0.3 is 0 Å². The number of nitrogens with one attached hydrogen (secondary N) is 2. The van der Waals surface area contributed by atoms with E-state index >= 15 is 0 Å². The van der Waals surface area contributed by atoms with Crippen molar-refractivity contribution < 1.29 is 0 Å². The van der Waals surface area contributed by atoms with E-state index in [1.165, 1.54) is 19.4 Å². The van der Waals surface area contributed by atoms with Gasteiger partial charge in [-0.15, -0.1) is 0 Å². The molecule has 1 aliphatic rings. The first-order valence-corrected chi connectivity index (χ1v) is 6.72. The van der Waals surface area contributed by atoms with E-state index in [0.717, 1.165) is 24.4 Å².